The van der Waals surface area contributed by atoms with Gasteiger partial charge in [-0.25, -0.2) is 0 Å². The highest BCUT2D eigenvalue weighted by Gasteiger charge is 2.20. The van der Waals surface area contributed by atoms with Crippen molar-refractivity contribution in [3.63, 3.8) is 0 Å². The molecule has 1 rings (SSSR count). The fourth-order valence-corrected chi connectivity index (χ4v) is 2.51. The Bertz CT molecular complexity index is 461. The van der Waals surface area contributed by atoms with Gasteiger partial charge in [0.2, 0.25) is 0 Å². The fraction of sp³-hybridized carbons (Fsp3) is 0.588. The van der Waals surface area contributed by atoms with Crippen LogP contribution in [0.1, 0.15) is 45.0 Å². The summed E-state index contributed by atoms with van der Waals surface area (Å²) >= 11 is 0. The number of carbonyl (C=O) groups excluding carboxylic acids is 1. The summed E-state index contributed by atoms with van der Waals surface area (Å²) in [5.41, 5.74) is 0.876. The molecule has 1 aromatic carbocycles. The molecular weight excluding hydrogens is 264 g/mol. The number of benzene rings is 1. The molecule has 0 bridgehead atoms. The first-order valence-electron chi connectivity index (χ1n) is 7.50. The van der Waals surface area contributed by atoms with E-state index in [4.69, 9.17) is 0 Å². The average Bonchev–Trinajstić information content (AvgIpc) is 2.37. The molecular formula is C17H28N2O2. The van der Waals surface area contributed by atoms with Crippen molar-refractivity contribution in [2.24, 2.45) is 0 Å². The zero-order chi connectivity index (χ0) is 16.2. The number of likely N-dealkylation sites (N-methyl/N-ethyl adjacent to an activating group) is 1. The molecule has 0 spiro atoms. The molecule has 0 aromatic heterocycles. The largest absolute Gasteiger partial charge is 0.389 e. The van der Waals surface area contributed by atoms with Crippen LogP contribution in [-0.4, -0.2) is 47.7 Å². The van der Waals surface area contributed by atoms with Crippen LogP contribution >= 0.6 is 0 Å². The van der Waals surface area contributed by atoms with Crippen molar-refractivity contribution in [3.8, 4) is 0 Å². The molecule has 1 N–H and O–H groups in total. The van der Waals surface area contributed by atoms with Gasteiger partial charge in [-0.1, -0.05) is 0 Å². The zero-order valence-corrected chi connectivity index (χ0v) is 14.1. The predicted molar refractivity (Wildman–Crippen MR) is 87.9 cm³/mol. The van der Waals surface area contributed by atoms with Gasteiger partial charge in [0, 0.05) is 37.4 Å². The maximum absolute atomic E-state index is 12.3. The highest BCUT2D eigenvalue weighted by molar-refractivity contribution is 5.94. The maximum Gasteiger partial charge on any atom is 0.253 e. The smallest absolute Gasteiger partial charge is 0.253 e. The second kappa shape index (κ2) is 6.94. The summed E-state index contributed by atoms with van der Waals surface area (Å²) in [4.78, 5) is 16.1. The molecule has 1 amide bonds. The first kappa shape index (κ1) is 17.5. The van der Waals surface area contributed by atoms with Gasteiger partial charge < -0.3 is 14.9 Å². The van der Waals surface area contributed by atoms with Crippen LogP contribution in [0.4, 0.5) is 5.69 Å². The molecule has 118 valence electrons. The standard InChI is InChI=1S/C17H28N2O2/c1-7-19(13(2)3)15-10-8-14(9-11-15)16(20)18(6)12-17(4,5)21/h8-11,13,21H,7,12H2,1-6H3. The lowest BCUT2D eigenvalue weighted by Crippen LogP contribution is -2.39. The van der Waals surface area contributed by atoms with Crippen molar-refractivity contribution < 1.29 is 9.90 Å². The summed E-state index contributed by atoms with van der Waals surface area (Å²) in [7, 11) is 1.71. The lowest BCUT2D eigenvalue weighted by molar-refractivity contribution is 0.0368. The minimum atomic E-state index is -0.888. The Hall–Kier alpha value is -1.55. The molecule has 1 aromatic rings. The third-order valence-electron chi connectivity index (χ3n) is 3.38. The van der Waals surface area contributed by atoms with E-state index in [0.717, 1.165) is 12.2 Å². The quantitative estimate of drug-likeness (QED) is 0.877. The molecule has 0 heterocycles. The highest BCUT2D eigenvalue weighted by Crippen LogP contribution is 2.18. The molecule has 0 saturated carbocycles. The minimum absolute atomic E-state index is 0.0729. The van der Waals surface area contributed by atoms with Crippen molar-refractivity contribution in [3.05, 3.63) is 29.8 Å². The number of rotatable bonds is 6. The van der Waals surface area contributed by atoms with E-state index in [9.17, 15) is 9.90 Å². The monoisotopic (exact) mass is 292 g/mol. The number of amides is 1. The molecule has 0 unspecified atom stereocenters. The number of aliphatic hydroxyl groups is 1. The van der Waals surface area contributed by atoms with Crippen molar-refractivity contribution in [1.82, 2.24) is 4.90 Å². The van der Waals surface area contributed by atoms with Gasteiger partial charge in [0.05, 0.1) is 5.60 Å². The Morgan fingerprint density at radius 2 is 1.76 bits per heavy atom. The first-order valence-corrected chi connectivity index (χ1v) is 7.50. The minimum Gasteiger partial charge on any atom is -0.389 e. The number of hydrogen-bond acceptors (Lipinski definition) is 3. The first-order chi connectivity index (χ1) is 9.65. The molecule has 4 nitrogen and oxygen atoms in total. The third-order valence-corrected chi connectivity index (χ3v) is 3.38. The Morgan fingerprint density at radius 1 is 1.24 bits per heavy atom. The van der Waals surface area contributed by atoms with Crippen LogP contribution in [0.25, 0.3) is 0 Å². The topological polar surface area (TPSA) is 43.8 Å². The summed E-state index contributed by atoms with van der Waals surface area (Å²) in [5, 5.41) is 9.79. The summed E-state index contributed by atoms with van der Waals surface area (Å²) < 4.78 is 0. The molecule has 0 fully saturated rings. The van der Waals surface area contributed by atoms with Gasteiger partial charge in [-0.15, -0.1) is 0 Å². The van der Waals surface area contributed by atoms with Crippen molar-refractivity contribution in [1.29, 1.82) is 0 Å². The van der Waals surface area contributed by atoms with E-state index in [1.807, 2.05) is 24.3 Å². The van der Waals surface area contributed by atoms with Crippen LogP contribution in [0.3, 0.4) is 0 Å². The molecule has 0 aliphatic heterocycles. The Morgan fingerprint density at radius 3 is 2.14 bits per heavy atom. The Labute approximate surface area is 128 Å². The summed E-state index contributed by atoms with van der Waals surface area (Å²) in [6.07, 6.45) is 0. The normalized spacial score (nSPS) is 11.6. The highest BCUT2D eigenvalue weighted by atomic mass is 16.3. The van der Waals surface area contributed by atoms with Crippen molar-refractivity contribution in [2.45, 2.75) is 46.3 Å². The van der Waals surface area contributed by atoms with Crippen LogP contribution in [0.2, 0.25) is 0 Å². The predicted octanol–water partition coefficient (Wildman–Crippen LogP) is 2.76. The van der Waals surface area contributed by atoms with E-state index >= 15 is 0 Å². The fourth-order valence-electron chi connectivity index (χ4n) is 2.51. The molecule has 0 aliphatic rings. The van der Waals surface area contributed by atoms with E-state index in [2.05, 4.69) is 25.7 Å². The summed E-state index contributed by atoms with van der Waals surface area (Å²) in [5.74, 6) is -0.0729. The number of carbonyl (C=O) groups is 1. The lowest BCUT2D eigenvalue weighted by atomic mass is 10.1. The van der Waals surface area contributed by atoms with Crippen LogP contribution < -0.4 is 4.90 Å². The molecule has 0 radical (unpaired) electrons. The van der Waals surface area contributed by atoms with Crippen LogP contribution in [0.15, 0.2) is 24.3 Å². The van der Waals surface area contributed by atoms with Gasteiger partial charge >= 0.3 is 0 Å². The van der Waals surface area contributed by atoms with Gasteiger partial charge in [0.25, 0.3) is 5.91 Å². The summed E-state index contributed by atoms with van der Waals surface area (Å²) in [6, 6.07) is 8.09. The van der Waals surface area contributed by atoms with E-state index in [1.54, 1.807) is 25.8 Å². The lowest BCUT2D eigenvalue weighted by Gasteiger charge is -2.28. The maximum atomic E-state index is 12.3. The van der Waals surface area contributed by atoms with E-state index in [-0.39, 0.29) is 5.91 Å². The zero-order valence-electron chi connectivity index (χ0n) is 14.1. The Kier molecular flexibility index (Phi) is 5.78. The van der Waals surface area contributed by atoms with Crippen molar-refractivity contribution >= 4 is 11.6 Å². The number of nitrogens with zero attached hydrogens (tertiary/aromatic N) is 2. The molecule has 0 saturated heterocycles. The second-order valence-electron chi connectivity index (χ2n) is 6.40. The van der Waals surface area contributed by atoms with E-state index in [1.165, 1.54) is 0 Å². The van der Waals surface area contributed by atoms with Gasteiger partial charge in [0.15, 0.2) is 0 Å². The SMILES string of the molecule is CCN(c1ccc(C(=O)N(C)CC(C)(C)O)cc1)C(C)C. The van der Waals surface area contributed by atoms with Crippen molar-refractivity contribution in [2.75, 3.05) is 25.0 Å². The van der Waals surface area contributed by atoms with Gasteiger partial charge in [-0.05, 0) is 58.9 Å². The summed E-state index contributed by atoms with van der Waals surface area (Å²) in [6.45, 7) is 11.1. The number of hydrogen-bond donors (Lipinski definition) is 1. The molecule has 0 aliphatic carbocycles. The van der Waals surface area contributed by atoms with Gasteiger partial charge in [-0.2, -0.15) is 0 Å². The second-order valence-corrected chi connectivity index (χ2v) is 6.40. The number of anilines is 1. The molecule has 4 heteroatoms. The average molecular weight is 292 g/mol. The van der Waals surface area contributed by atoms with E-state index in [0.29, 0.717) is 18.2 Å². The third kappa shape index (κ3) is 5.05. The molecule has 0 atom stereocenters. The van der Waals surface area contributed by atoms with Crippen LogP contribution in [0, 0.1) is 0 Å². The van der Waals surface area contributed by atoms with Crippen LogP contribution in [0.5, 0.6) is 0 Å². The Balaban J connectivity index is 2.84. The van der Waals surface area contributed by atoms with E-state index < -0.39 is 5.60 Å². The molecule has 21 heavy (non-hydrogen) atoms. The van der Waals surface area contributed by atoms with Gasteiger partial charge in [-0.3, -0.25) is 4.79 Å². The van der Waals surface area contributed by atoms with Gasteiger partial charge in [0.1, 0.15) is 0 Å². The van der Waals surface area contributed by atoms with Crippen LogP contribution in [-0.2, 0) is 0 Å².